The second-order valence-electron chi connectivity index (χ2n) is 7.25. The summed E-state index contributed by atoms with van der Waals surface area (Å²) in [5.41, 5.74) is 0.574. The van der Waals surface area contributed by atoms with Gasteiger partial charge in [0.05, 0.1) is 0 Å². The molecule has 3 atom stereocenters. The second kappa shape index (κ2) is 5.92. The Hall–Kier alpha value is -0.0800. The predicted molar refractivity (Wildman–Crippen MR) is 78.9 cm³/mol. The Morgan fingerprint density at radius 2 is 1.83 bits per heavy atom. The predicted octanol–water partition coefficient (Wildman–Crippen LogP) is 3.28. The molecule has 1 saturated heterocycles. The van der Waals surface area contributed by atoms with Crippen LogP contribution in [0.5, 0.6) is 0 Å². The molecule has 0 radical (unpaired) electrons. The van der Waals surface area contributed by atoms with Crippen LogP contribution in [0, 0.1) is 11.3 Å². The number of hydrogen-bond donors (Lipinski definition) is 1. The summed E-state index contributed by atoms with van der Waals surface area (Å²) in [5, 5.41) is 3.57. The van der Waals surface area contributed by atoms with Crippen molar-refractivity contribution in [2.24, 2.45) is 11.3 Å². The molecule has 0 aromatic rings. The van der Waals surface area contributed by atoms with Crippen molar-refractivity contribution >= 4 is 0 Å². The van der Waals surface area contributed by atoms with Crippen molar-refractivity contribution in [2.75, 3.05) is 20.1 Å². The van der Waals surface area contributed by atoms with Crippen LogP contribution in [0.3, 0.4) is 0 Å². The van der Waals surface area contributed by atoms with Crippen molar-refractivity contribution in [3.63, 3.8) is 0 Å². The number of nitrogens with one attached hydrogen (secondary N) is 1. The van der Waals surface area contributed by atoms with Crippen molar-refractivity contribution in [3.8, 4) is 0 Å². The van der Waals surface area contributed by atoms with Crippen LogP contribution in [0.25, 0.3) is 0 Å². The van der Waals surface area contributed by atoms with E-state index in [1.807, 2.05) is 0 Å². The van der Waals surface area contributed by atoms with Gasteiger partial charge in [0.25, 0.3) is 0 Å². The van der Waals surface area contributed by atoms with E-state index < -0.39 is 0 Å². The van der Waals surface area contributed by atoms with Crippen LogP contribution in [-0.4, -0.2) is 37.1 Å². The highest BCUT2D eigenvalue weighted by Crippen LogP contribution is 2.35. The molecule has 1 aliphatic heterocycles. The Morgan fingerprint density at radius 1 is 1.17 bits per heavy atom. The van der Waals surface area contributed by atoms with Crippen molar-refractivity contribution < 1.29 is 0 Å². The van der Waals surface area contributed by atoms with Gasteiger partial charge in [0.15, 0.2) is 0 Å². The smallest absolute Gasteiger partial charge is 0.0251 e. The zero-order chi connectivity index (χ0) is 13.2. The first-order chi connectivity index (χ1) is 8.55. The highest BCUT2D eigenvalue weighted by atomic mass is 15.2. The monoisotopic (exact) mass is 252 g/mol. The summed E-state index contributed by atoms with van der Waals surface area (Å²) in [7, 11) is 2.15. The summed E-state index contributed by atoms with van der Waals surface area (Å²) in [5.74, 6) is 0.967. The molecule has 2 heteroatoms. The van der Waals surface area contributed by atoms with Crippen LogP contribution in [0.2, 0.25) is 0 Å². The molecular formula is C16H32N2. The van der Waals surface area contributed by atoms with Crippen LogP contribution in [-0.2, 0) is 0 Å². The number of hydrogen-bond acceptors (Lipinski definition) is 2. The van der Waals surface area contributed by atoms with E-state index in [9.17, 15) is 0 Å². The minimum absolute atomic E-state index is 0.574. The standard InChI is InChI=1S/C16H32N2/c1-5-13-6-7-14(17-4)15(12-13)18-10-8-16(2,3)9-11-18/h13-15,17H,5-12H2,1-4H3. The summed E-state index contributed by atoms with van der Waals surface area (Å²) >= 11 is 0. The van der Waals surface area contributed by atoms with E-state index >= 15 is 0 Å². The number of piperidine rings is 1. The molecule has 2 nitrogen and oxygen atoms in total. The molecule has 2 fully saturated rings. The molecule has 1 aliphatic carbocycles. The van der Waals surface area contributed by atoms with Gasteiger partial charge in [0, 0.05) is 12.1 Å². The fourth-order valence-corrected chi connectivity index (χ4v) is 3.80. The fraction of sp³-hybridized carbons (Fsp3) is 1.00. The minimum atomic E-state index is 0.574. The topological polar surface area (TPSA) is 15.3 Å². The molecule has 0 amide bonds. The van der Waals surface area contributed by atoms with E-state index in [2.05, 4.69) is 38.0 Å². The molecule has 1 N–H and O–H groups in total. The van der Waals surface area contributed by atoms with Gasteiger partial charge in [-0.2, -0.15) is 0 Å². The van der Waals surface area contributed by atoms with Crippen molar-refractivity contribution in [3.05, 3.63) is 0 Å². The molecule has 3 unspecified atom stereocenters. The maximum absolute atomic E-state index is 3.57. The lowest BCUT2D eigenvalue weighted by molar-refractivity contribution is 0.0459. The first-order valence-electron chi connectivity index (χ1n) is 7.97. The van der Waals surface area contributed by atoms with Gasteiger partial charge in [-0.25, -0.2) is 0 Å². The minimum Gasteiger partial charge on any atom is -0.315 e. The number of rotatable bonds is 3. The summed E-state index contributed by atoms with van der Waals surface area (Å²) in [6, 6.07) is 1.53. The lowest BCUT2D eigenvalue weighted by atomic mass is 9.77. The second-order valence-corrected chi connectivity index (χ2v) is 7.25. The third kappa shape index (κ3) is 3.27. The van der Waals surface area contributed by atoms with Crippen molar-refractivity contribution in [2.45, 2.75) is 71.4 Å². The van der Waals surface area contributed by atoms with Crippen LogP contribution in [0.15, 0.2) is 0 Å². The van der Waals surface area contributed by atoms with Crippen LogP contribution >= 0.6 is 0 Å². The Kier molecular flexibility index (Phi) is 4.71. The molecule has 0 bridgehead atoms. The van der Waals surface area contributed by atoms with Crippen molar-refractivity contribution in [1.82, 2.24) is 10.2 Å². The summed E-state index contributed by atoms with van der Waals surface area (Å²) in [6.07, 6.45) is 8.33. The largest absolute Gasteiger partial charge is 0.315 e. The van der Waals surface area contributed by atoms with E-state index in [-0.39, 0.29) is 0 Å². The van der Waals surface area contributed by atoms with Gasteiger partial charge in [-0.3, -0.25) is 4.90 Å². The number of likely N-dealkylation sites (tertiary alicyclic amines) is 1. The SMILES string of the molecule is CCC1CCC(NC)C(N2CCC(C)(C)CC2)C1. The molecule has 2 rings (SSSR count). The molecule has 18 heavy (non-hydrogen) atoms. The Bertz CT molecular complexity index is 252. The average Bonchev–Trinajstić information content (AvgIpc) is 2.38. The van der Waals surface area contributed by atoms with E-state index in [4.69, 9.17) is 0 Å². The van der Waals surface area contributed by atoms with Crippen LogP contribution < -0.4 is 5.32 Å². The Balaban J connectivity index is 1.96. The van der Waals surface area contributed by atoms with E-state index in [0.717, 1.165) is 18.0 Å². The molecule has 1 heterocycles. The Labute approximate surface area is 114 Å². The molecule has 2 aliphatic rings. The molecule has 0 aromatic carbocycles. The Morgan fingerprint density at radius 3 is 2.39 bits per heavy atom. The zero-order valence-electron chi connectivity index (χ0n) is 12.8. The molecular weight excluding hydrogens is 220 g/mol. The van der Waals surface area contributed by atoms with Gasteiger partial charge in [0.2, 0.25) is 0 Å². The molecule has 0 aromatic heterocycles. The maximum atomic E-state index is 3.57. The summed E-state index contributed by atoms with van der Waals surface area (Å²) < 4.78 is 0. The van der Waals surface area contributed by atoms with Gasteiger partial charge in [-0.1, -0.05) is 27.2 Å². The summed E-state index contributed by atoms with van der Waals surface area (Å²) in [4.78, 5) is 2.79. The molecule has 106 valence electrons. The number of nitrogens with zero attached hydrogens (tertiary/aromatic N) is 1. The van der Waals surface area contributed by atoms with E-state index in [0.29, 0.717) is 5.41 Å². The first kappa shape index (κ1) is 14.3. The van der Waals surface area contributed by atoms with Gasteiger partial charge >= 0.3 is 0 Å². The quantitative estimate of drug-likeness (QED) is 0.829. The van der Waals surface area contributed by atoms with Crippen molar-refractivity contribution in [1.29, 1.82) is 0 Å². The van der Waals surface area contributed by atoms with Crippen LogP contribution in [0.4, 0.5) is 0 Å². The fourth-order valence-electron chi connectivity index (χ4n) is 3.80. The van der Waals surface area contributed by atoms with Crippen LogP contribution in [0.1, 0.15) is 59.3 Å². The van der Waals surface area contributed by atoms with Gasteiger partial charge < -0.3 is 5.32 Å². The maximum Gasteiger partial charge on any atom is 0.0251 e. The highest BCUT2D eigenvalue weighted by molar-refractivity contribution is 4.93. The van der Waals surface area contributed by atoms with E-state index in [1.165, 1.54) is 51.6 Å². The third-order valence-corrected chi connectivity index (χ3v) is 5.49. The first-order valence-corrected chi connectivity index (χ1v) is 7.97. The summed E-state index contributed by atoms with van der Waals surface area (Å²) in [6.45, 7) is 9.84. The average molecular weight is 252 g/mol. The normalized spacial score (nSPS) is 37.7. The highest BCUT2D eigenvalue weighted by Gasteiger charge is 2.36. The van der Waals surface area contributed by atoms with Gasteiger partial charge in [-0.15, -0.1) is 0 Å². The lowest BCUT2D eigenvalue weighted by Gasteiger charge is -2.47. The molecule has 1 saturated carbocycles. The van der Waals surface area contributed by atoms with Gasteiger partial charge in [-0.05, 0) is 63.6 Å². The molecule has 0 spiro atoms. The lowest BCUT2D eigenvalue weighted by Crippen LogP contribution is -2.55. The third-order valence-electron chi connectivity index (χ3n) is 5.49. The van der Waals surface area contributed by atoms with Gasteiger partial charge in [0.1, 0.15) is 0 Å². The number of likely N-dealkylation sites (N-methyl/N-ethyl adjacent to an activating group) is 1. The van der Waals surface area contributed by atoms with E-state index in [1.54, 1.807) is 0 Å². The zero-order valence-corrected chi connectivity index (χ0v) is 12.8.